The van der Waals surface area contributed by atoms with Crippen molar-refractivity contribution in [3.05, 3.63) is 54.1 Å². The van der Waals surface area contributed by atoms with E-state index in [9.17, 15) is 4.79 Å². The second kappa shape index (κ2) is 8.26. The van der Waals surface area contributed by atoms with Crippen LogP contribution in [0.2, 0.25) is 0 Å². The van der Waals surface area contributed by atoms with Gasteiger partial charge in [0.15, 0.2) is 5.11 Å². The smallest absolute Gasteiger partial charge is 0.250 e. The molecule has 2 aromatic rings. The molecule has 1 saturated carbocycles. The average Bonchev–Trinajstić information content (AvgIpc) is 2.66. The highest BCUT2D eigenvalue weighted by molar-refractivity contribution is 7.80. The summed E-state index contributed by atoms with van der Waals surface area (Å²) in [5.74, 6) is -0.180. The van der Waals surface area contributed by atoms with E-state index in [0.29, 0.717) is 11.2 Å². The number of carbonyl (C=O) groups is 1. The Bertz CT molecular complexity index is 788. The Labute approximate surface area is 154 Å². The van der Waals surface area contributed by atoms with Crippen LogP contribution >= 0.6 is 12.2 Å². The molecule has 0 atom stereocenters. The molecule has 1 amide bonds. The van der Waals surface area contributed by atoms with Crippen molar-refractivity contribution in [1.29, 1.82) is 0 Å². The molecule has 1 fully saturated rings. The van der Waals surface area contributed by atoms with E-state index in [1.54, 1.807) is 6.08 Å². The monoisotopic (exact) mass is 352 g/mol. The normalized spacial score (nSPS) is 15.4. The third-order valence-electron chi connectivity index (χ3n) is 4.91. The molecule has 0 aromatic heterocycles. The standard InChI is InChI=1S/C21H24N2OS/c1-23(18-11-3-2-4-12-18)21(25)22-20(24)15-14-17-10-7-9-16-8-5-6-13-19(16)17/h5-10,13-15,18H,2-4,11-12H2,1H3,(H,22,24,25)/b15-14+. The molecule has 25 heavy (non-hydrogen) atoms. The molecule has 3 nitrogen and oxygen atoms in total. The van der Waals surface area contributed by atoms with E-state index < -0.39 is 0 Å². The van der Waals surface area contributed by atoms with Gasteiger partial charge in [-0.2, -0.15) is 0 Å². The Hall–Kier alpha value is -2.20. The average molecular weight is 353 g/mol. The summed E-state index contributed by atoms with van der Waals surface area (Å²) >= 11 is 5.40. The number of thiocarbonyl (C=S) groups is 1. The number of fused-ring (bicyclic) bond motifs is 1. The summed E-state index contributed by atoms with van der Waals surface area (Å²) < 4.78 is 0. The largest absolute Gasteiger partial charge is 0.349 e. The van der Waals surface area contributed by atoms with Gasteiger partial charge in [-0.15, -0.1) is 0 Å². The first kappa shape index (κ1) is 17.6. The van der Waals surface area contributed by atoms with Crippen molar-refractivity contribution >= 4 is 40.1 Å². The number of nitrogens with one attached hydrogen (secondary N) is 1. The number of amides is 1. The van der Waals surface area contributed by atoms with Gasteiger partial charge in [-0.3, -0.25) is 10.1 Å². The fraction of sp³-hybridized carbons (Fsp3) is 0.333. The Kier molecular flexibility index (Phi) is 5.82. The Morgan fingerprint density at radius 1 is 1.12 bits per heavy atom. The summed E-state index contributed by atoms with van der Waals surface area (Å²) in [6.45, 7) is 0. The first-order valence-electron chi connectivity index (χ1n) is 8.89. The highest BCUT2D eigenvalue weighted by atomic mass is 32.1. The van der Waals surface area contributed by atoms with Crippen LogP contribution in [0.4, 0.5) is 0 Å². The second-order valence-corrected chi connectivity index (χ2v) is 6.99. The van der Waals surface area contributed by atoms with Crippen LogP contribution in [-0.2, 0) is 4.79 Å². The summed E-state index contributed by atoms with van der Waals surface area (Å²) in [4.78, 5) is 14.3. The third kappa shape index (κ3) is 4.45. The van der Waals surface area contributed by atoms with Crippen LogP contribution in [0.15, 0.2) is 48.5 Å². The van der Waals surface area contributed by atoms with Gasteiger partial charge < -0.3 is 4.90 Å². The molecule has 3 rings (SSSR count). The molecule has 0 radical (unpaired) electrons. The number of hydrogen-bond acceptors (Lipinski definition) is 2. The molecule has 0 saturated heterocycles. The predicted molar refractivity (Wildman–Crippen MR) is 108 cm³/mol. The highest BCUT2D eigenvalue weighted by Crippen LogP contribution is 2.22. The van der Waals surface area contributed by atoms with Gasteiger partial charge >= 0.3 is 0 Å². The van der Waals surface area contributed by atoms with Gasteiger partial charge in [-0.05, 0) is 47.5 Å². The van der Waals surface area contributed by atoms with Crippen LogP contribution in [0.3, 0.4) is 0 Å². The second-order valence-electron chi connectivity index (χ2n) is 6.60. The van der Waals surface area contributed by atoms with Crippen molar-refractivity contribution in [2.45, 2.75) is 38.1 Å². The van der Waals surface area contributed by atoms with Gasteiger partial charge in [0.05, 0.1) is 0 Å². The molecule has 1 aliphatic rings. The van der Waals surface area contributed by atoms with Gasteiger partial charge in [-0.1, -0.05) is 61.7 Å². The van der Waals surface area contributed by atoms with Crippen molar-refractivity contribution in [1.82, 2.24) is 10.2 Å². The van der Waals surface area contributed by atoms with Crippen LogP contribution in [0, 0.1) is 0 Å². The van der Waals surface area contributed by atoms with Gasteiger partial charge in [-0.25, -0.2) is 0 Å². The molecule has 1 N–H and O–H groups in total. The van der Waals surface area contributed by atoms with Crippen molar-refractivity contribution in [3.63, 3.8) is 0 Å². The summed E-state index contributed by atoms with van der Waals surface area (Å²) in [7, 11) is 1.98. The lowest BCUT2D eigenvalue weighted by Gasteiger charge is -2.32. The maximum Gasteiger partial charge on any atom is 0.250 e. The molecule has 2 aromatic carbocycles. The van der Waals surface area contributed by atoms with Crippen LogP contribution in [0.25, 0.3) is 16.8 Å². The van der Waals surface area contributed by atoms with Crippen LogP contribution in [-0.4, -0.2) is 29.0 Å². The van der Waals surface area contributed by atoms with E-state index in [2.05, 4.69) is 23.5 Å². The lowest BCUT2D eigenvalue weighted by molar-refractivity contribution is -0.115. The summed E-state index contributed by atoms with van der Waals surface area (Å²) in [5.41, 5.74) is 1.03. The minimum atomic E-state index is -0.180. The molecule has 1 aliphatic carbocycles. The van der Waals surface area contributed by atoms with Gasteiger partial charge in [0.25, 0.3) is 0 Å². The zero-order chi connectivity index (χ0) is 17.6. The number of rotatable bonds is 3. The topological polar surface area (TPSA) is 32.3 Å². The zero-order valence-corrected chi connectivity index (χ0v) is 15.4. The third-order valence-corrected chi connectivity index (χ3v) is 5.30. The molecule has 0 heterocycles. The Morgan fingerprint density at radius 2 is 1.84 bits per heavy atom. The quantitative estimate of drug-likeness (QED) is 0.651. The van der Waals surface area contributed by atoms with Gasteiger partial charge in [0.1, 0.15) is 0 Å². The summed E-state index contributed by atoms with van der Waals surface area (Å²) in [6.07, 6.45) is 9.50. The number of carbonyl (C=O) groups excluding carboxylic acids is 1. The van der Waals surface area contributed by atoms with Crippen LogP contribution in [0.5, 0.6) is 0 Å². The van der Waals surface area contributed by atoms with E-state index in [-0.39, 0.29) is 5.91 Å². The fourth-order valence-corrected chi connectivity index (χ4v) is 3.68. The lowest BCUT2D eigenvalue weighted by atomic mass is 9.95. The van der Waals surface area contributed by atoms with E-state index >= 15 is 0 Å². The summed E-state index contributed by atoms with van der Waals surface area (Å²) in [5, 5.41) is 5.64. The fourth-order valence-electron chi connectivity index (χ4n) is 3.43. The molecule has 0 spiro atoms. The van der Waals surface area contributed by atoms with Crippen molar-refractivity contribution < 1.29 is 4.79 Å². The molecular formula is C21H24N2OS. The SMILES string of the molecule is CN(C(=S)NC(=O)/C=C/c1cccc2ccccc12)C1CCCCC1. The zero-order valence-electron chi connectivity index (χ0n) is 14.6. The van der Waals surface area contributed by atoms with Gasteiger partial charge in [0.2, 0.25) is 5.91 Å². The Balaban J connectivity index is 1.63. The van der Waals surface area contributed by atoms with E-state index in [1.807, 2.05) is 42.3 Å². The lowest BCUT2D eigenvalue weighted by Crippen LogP contribution is -2.45. The first-order valence-corrected chi connectivity index (χ1v) is 9.29. The Morgan fingerprint density at radius 3 is 2.64 bits per heavy atom. The van der Waals surface area contributed by atoms with Crippen molar-refractivity contribution in [2.24, 2.45) is 0 Å². The predicted octanol–water partition coefficient (Wildman–Crippen LogP) is 4.52. The van der Waals surface area contributed by atoms with Crippen LogP contribution < -0.4 is 5.32 Å². The maximum absolute atomic E-state index is 12.2. The van der Waals surface area contributed by atoms with E-state index in [4.69, 9.17) is 12.2 Å². The molecular weight excluding hydrogens is 328 g/mol. The number of benzene rings is 2. The van der Waals surface area contributed by atoms with Crippen molar-refractivity contribution in [2.75, 3.05) is 7.05 Å². The first-order chi connectivity index (χ1) is 12.1. The van der Waals surface area contributed by atoms with E-state index in [0.717, 1.165) is 29.2 Å². The molecule has 4 heteroatoms. The molecule has 0 unspecified atom stereocenters. The highest BCUT2D eigenvalue weighted by Gasteiger charge is 2.20. The molecule has 0 bridgehead atoms. The minimum Gasteiger partial charge on any atom is -0.349 e. The van der Waals surface area contributed by atoms with Crippen molar-refractivity contribution in [3.8, 4) is 0 Å². The van der Waals surface area contributed by atoms with Crippen LogP contribution in [0.1, 0.15) is 37.7 Å². The molecule has 130 valence electrons. The minimum absolute atomic E-state index is 0.180. The van der Waals surface area contributed by atoms with Gasteiger partial charge in [0, 0.05) is 19.2 Å². The maximum atomic E-state index is 12.2. The van der Waals surface area contributed by atoms with E-state index in [1.165, 1.54) is 19.3 Å². The number of hydrogen-bond donors (Lipinski definition) is 1. The summed E-state index contributed by atoms with van der Waals surface area (Å²) in [6, 6.07) is 14.7. The number of nitrogens with zero attached hydrogens (tertiary/aromatic N) is 1. The molecule has 0 aliphatic heterocycles.